The summed E-state index contributed by atoms with van der Waals surface area (Å²) < 4.78 is 7.07. The van der Waals surface area contributed by atoms with Crippen molar-refractivity contribution in [2.45, 2.75) is 13.5 Å². The third-order valence-corrected chi connectivity index (χ3v) is 6.71. The number of para-hydroxylation sites is 1. The smallest absolute Gasteiger partial charge is 0.289 e. The van der Waals surface area contributed by atoms with Crippen molar-refractivity contribution < 1.29 is 9.21 Å². The van der Waals surface area contributed by atoms with Crippen LogP contribution in [-0.4, -0.2) is 46.9 Å². The van der Waals surface area contributed by atoms with Gasteiger partial charge in [0.2, 0.25) is 0 Å². The van der Waals surface area contributed by atoms with Crippen LogP contribution in [0.2, 0.25) is 5.02 Å². The van der Waals surface area contributed by atoms with Crippen LogP contribution in [0, 0.1) is 6.92 Å². The third-order valence-electron chi connectivity index (χ3n) is 5.45. The molecule has 1 fully saturated rings. The first-order chi connectivity index (χ1) is 14.1. The summed E-state index contributed by atoms with van der Waals surface area (Å²) in [5.74, 6) is 0.372. The van der Waals surface area contributed by atoms with E-state index in [1.807, 2.05) is 36.1 Å². The average molecular weight is 426 g/mol. The lowest BCUT2D eigenvalue weighted by Crippen LogP contribution is -2.48. The van der Waals surface area contributed by atoms with Gasteiger partial charge in [0, 0.05) is 42.2 Å². The van der Waals surface area contributed by atoms with Crippen molar-refractivity contribution in [3.63, 3.8) is 0 Å². The Labute approximate surface area is 177 Å². The molecule has 2 aromatic heterocycles. The zero-order valence-corrected chi connectivity index (χ0v) is 17.6. The summed E-state index contributed by atoms with van der Waals surface area (Å²) in [5, 5.41) is 2.66. The number of thiazole rings is 1. The van der Waals surface area contributed by atoms with Crippen LogP contribution in [0.5, 0.6) is 0 Å². The second kappa shape index (κ2) is 7.44. The number of rotatable bonds is 3. The lowest BCUT2D eigenvalue weighted by Gasteiger charge is -2.33. The molecule has 2 aromatic carbocycles. The highest BCUT2D eigenvalue weighted by atomic mass is 35.5. The molecule has 5 rings (SSSR count). The number of aryl methyl sites for hydroxylation is 1. The Kier molecular flexibility index (Phi) is 4.78. The van der Waals surface area contributed by atoms with Gasteiger partial charge < -0.3 is 9.32 Å². The van der Waals surface area contributed by atoms with Gasteiger partial charge in [-0.1, -0.05) is 23.7 Å². The van der Waals surface area contributed by atoms with Crippen LogP contribution in [0.25, 0.3) is 21.2 Å². The maximum Gasteiger partial charge on any atom is 0.289 e. The number of carbonyl (C=O) groups excluding carboxylic acids is 1. The number of piperazine rings is 1. The third kappa shape index (κ3) is 3.52. The fourth-order valence-electron chi connectivity index (χ4n) is 3.83. The molecule has 0 atom stereocenters. The fourth-order valence-corrected chi connectivity index (χ4v) is 5.01. The van der Waals surface area contributed by atoms with Gasteiger partial charge in [0.25, 0.3) is 5.91 Å². The summed E-state index contributed by atoms with van der Waals surface area (Å²) in [6.45, 7) is 5.75. The molecule has 7 heteroatoms. The van der Waals surface area contributed by atoms with Gasteiger partial charge in [-0.15, -0.1) is 11.3 Å². The molecule has 1 amide bonds. The Balaban J connectivity index is 1.26. The Morgan fingerprint density at radius 3 is 2.76 bits per heavy atom. The van der Waals surface area contributed by atoms with Gasteiger partial charge in [0.1, 0.15) is 10.6 Å². The molecule has 5 nitrogen and oxygen atoms in total. The molecule has 0 spiro atoms. The van der Waals surface area contributed by atoms with Crippen LogP contribution in [0.3, 0.4) is 0 Å². The summed E-state index contributed by atoms with van der Waals surface area (Å²) in [5.41, 5.74) is 2.61. The predicted molar refractivity (Wildman–Crippen MR) is 117 cm³/mol. The Morgan fingerprint density at radius 1 is 1.17 bits per heavy atom. The minimum absolute atomic E-state index is 0.0468. The molecule has 0 unspecified atom stereocenters. The summed E-state index contributed by atoms with van der Waals surface area (Å²) in [4.78, 5) is 22.0. The van der Waals surface area contributed by atoms with Gasteiger partial charge in [-0.3, -0.25) is 9.69 Å². The average Bonchev–Trinajstić information content (AvgIpc) is 3.28. The highest BCUT2D eigenvalue weighted by Crippen LogP contribution is 2.29. The molecule has 0 aliphatic carbocycles. The maximum atomic E-state index is 13.0. The molecule has 29 heavy (non-hydrogen) atoms. The lowest BCUT2D eigenvalue weighted by atomic mass is 10.1. The van der Waals surface area contributed by atoms with Crippen LogP contribution in [0.15, 0.2) is 46.9 Å². The number of benzene rings is 2. The largest absolute Gasteiger partial charge is 0.451 e. The van der Waals surface area contributed by atoms with E-state index in [0.717, 1.165) is 41.1 Å². The van der Waals surface area contributed by atoms with E-state index in [1.54, 1.807) is 17.4 Å². The van der Waals surface area contributed by atoms with Crippen molar-refractivity contribution in [1.82, 2.24) is 14.8 Å². The van der Waals surface area contributed by atoms with E-state index in [4.69, 9.17) is 21.0 Å². The molecule has 0 saturated carbocycles. The van der Waals surface area contributed by atoms with Crippen molar-refractivity contribution in [3.8, 4) is 0 Å². The van der Waals surface area contributed by atoms with E-state index in [0.29, 0.717) is 29.5 Å². The van der Waals surface area contributed by atoms with Crippen molar-refractivity contribution >= 4 is 50.0 Å². The lowest BCUT2D eigenvalue weighted by molar-refractivity contribution is 0.0599. The highest BCUT2D eigenvalue weighted by molar-refractivity contribution is 7.18. The van der Waals surface area contributed by atoms with E-state index in [9.17, 15) is 4.79 Å². The number of halogens is 1. The van der Waals surface area contributed by atoms with Crippen molar-refractivity contribution in [3.05, 3.63) is 63.8 Å². The van der Waals surface area contributed by atoms with E-state index in [-0.39, 0.29) is 5.91 Å². The zero-order chi connectivity index (χ0) is 20.0. The standard InChI is InChI=1S/C22H20ClN3O2S/c1-14-16-12-15(23)6-7-18(16)28-21(14)22(27)26-10-8-25(9-11-26)13-20-24-17-4-2-3-5-19(17)29-20/h2-7,12H,8-11,13H2,1H3. The normalized spacial score (nSPS) is 15.4. The van der Waals surface area contributed by atoms with Crippen LogP contribution in [0.1, 0.15) is 21.1 Å². The molecule has 3 heterocycles. The van der Waals surface area contributed by atoms with Crippen LogP contribution >= 0.6 is 22.9 Å². The van der Waals surface area contributed by atoms with Gasteiger partial charge in [0.05, 0.1) is 16.8 Å². The van der Waals surface area contributed by atoms with Gasteiger partial charge in [-0.25, -0.2) is 4.98 Å². The molecule has 0 bridgehead atoms. The van der Waals surface area contributed by atoms with E-state index in [2.05, 4.69) is 17.0 Å². The monoisotopic (exact) mass is 425 g/mol. The minimum atomic E-state index is -0.0468. The highest BCUT2D eigenvalue weighted by Gasteiger charge is 2.27. The number of amides is 1. The Morgan fingerprint density at radius 2 is 1.97 bits per heavy atom. The number of carbonyl (C=O) groups is 1. The van der Waals surface area contributed by atoms with Crippen molar-refractivity contribution in [1.29, 1.82) is 0 Å². The van der Waals surface area contributed by atoms with Crippen LogP contribution in [-0.2, 0) is 6.54 Å². The molecule has 0 radical (unpaired) electrons. The zero-order valence-electron chi connectivity index (χ0n) is 16.0. The van der Waals surface area contributed by atoms with Gasteiger partial charge in [0.15, 0.2) is 5.76 Å². The van der Waals surface area contributed by atoms with E-state index >= 15 is 0 Å². The number of aromatic nitrogens is 1. The molecular weight excluding hydrogens is 406 g/mol. The van der Waals surface area contributed by atoms with Gasteiger partial charge in [-0.2, -0.15) is 0 Å². The van der Waals surface area contributed by atoms with Crippen LogP contribution < -0.4 is 0 Å². The second-order valence-electron chi connectivity index (χ2n) is 7.34. The second-order valence-corrected chi connectivity index (χ2v) is 8.89. The molecule has 1 aliphatic rings. The number of hydrogen-bond acceptors (Lipinski definition) is 5. The first-order valence-electron chi connectivity index (χ1n) is 9.63. The predicted octanol–water partition coefficient (Wildman–Crippen LogP) is 4.96. The molecule has 4 aromatic rings. The molecule has 148 valence electrons. The summed E-state index contributed by atoms with van der Waals surface area (Å²) in [6, 6.07) is 13.7. The molecule has 0 N–H and O–H groups in total. The van der Waals surface area contributed by atoms with Crippen molar-refractivity contribution in [2.75, 3.05) is 26.2 Å². The minimum Gasteiger partial charge on any atom is -0.451 e. The molecule has 1 saturated heterocycles. The number of furan rings is 1. The SMILES string of the molecule is Cc1c(C(=O)N2CCN(Cc3nc4ccccc4s3)CC2)oc2ccc(Cl)cc12. The topological polar surface area (TPSA) is 49.6 Å². The van der Waals surface area contributed by atoms with Gasteiger partial charge in [-0.05, 0) is 37.3 Å². The summed E-state index contributed by atoms with van der Waals surface area (Å²) in [7, 11) is 0. The summed E-state index contributed by atoms with van der Waals surface area (Å²) in [6.07, 6.45) is 0. The Bertz CT molecular complexity index is 1170. The molecular formula is C22H20ClN3O2S. The first-order valence-corrected chi connectivity index (χ1v) is 10.8. The van der Waals surface area contributed by atoms with E-state index < -0.39 is 0 Å². The maximum absolute atomic E-state index is 13.0. The van der Waals surface area contributed by atoms with Gasteiger partial charge >= 0.3 is 0 Å². The van der Waals surface area contributed by atoms with E-state index in [1.165, 1.54) is 4.70 Å². The number of hydrogen-bond donors (Lipinski definition) is 0. The number of nitrogens with zero attached hydrogens (tertiary/aromatic N) is 3. The number of fused-ring (bicyclic) bond motifs is 2. The first kappa shape index (κ1) is 18.6. The fraction of sp³-hybridized carbons (Fsp3) is 0.273. The Hall–Kier alpha value is -2.41. The quantitative estimate of drug-likeness (QED) is 0.465. The molecule has 1 aliphatic heterocycles. The van der Waals surface area contributed by atoms with Crippen molar-refractivity contribution in [2.24, 2.45) is 0 Å². The summed E-state index contributed by atoms with van der Waals surface area (Å²) >= 11 is 7.83. The van der Waals surface area contributed by atoms with Crippen LogP contribution in [0.4, 0.5) is 0 Å².